The number of nitrogens with zero attached hydrogens (tertiary/aromatic N) is 4. The number of urea groups is 1. The number of anilines is 2. The monoisotopic (exact) mass is 387 g/mol. The second-order valence-corrected chi connectivity index (χ2v) is 6.34. The molecule has 28 heavy (non-hydrogen) atoms. The largest absolute Gasteiger partial charge is 0.497 e. The molecule has 0 radical (unpaired) electrons. The fourth-order valence-electron chi connectivity index (χ4n) is 2.57. The van der Waals surface area contributed by atoms with E-state index in [1.165, 1.54) is 21.0 Å². The lowest BCUT2D eigenvalue weighted by atomic mass is 10.3. The highest BCUT2D eigenvalue weighted by Crippen LogP contribution is 2.21. The van der Waals surface area contributed by atoms with Gasteiger partial charge in [-0.15, -0.1) is 0 Å². The minimum atomic E-state index is -0.466. The van der Waals surface area contributed by atoms with E-state index in [0.717, 1.165) is 0 Å². The molecule has 4 amide bonds. The van der Waals surface area contributed by atoms with Crippen LogP contribution in [0.4, 0.5) is 16.5 Å². The Kier molecular flexibility index (Phi) is 5.48. The third-order valence-electron chi connectivity index (χ3n) is 4.22. The molecule has 1 saturated heterocycles. The van der Waals surface area contributed by atoms with Crippen molar-refractivity contribution in [2.45, 2.75) is 0 Å². The van der Waals surface area contributed by atoms with E-state index >= 15 is 0 Å². The van der Waals surface area contributed by atoms with Gasteiger partial charge in [0, 0.05) is 32.9 Å². The topological polar surface area (TPSA) is 108 Å². The fraction of sp³-hybridized carbons (Fsp3) is 0.333. The summed E-state index contributed by atoms with van der Waals surface area (Å²) < 4.78 is 10.4. The quantitative estimate of drug-likeness (QED) is 0.800. The summed E-state index contributed by atoms with van der Waals surface area (Å²) >= 11 is 0. The maximum absolute atomic E-state index is 12.5. The second kappa shape index (κ2) is 7.99. The first-order chi connectivity index (χ1) is 13.4. The number of hydrogen-bond acceptors (Lipinski definition) is 6. The summed E-state index contributed by atoms with van der Waals surface area (Å²) in [6, 6.07) is 6.46. The van der Waals surface area contributed by atoms with Gasteiger partial charge >= 0.3 is 12.0 Å². The highest BCUT2D eigenvalue weighted by Gasteiger charge is 2.34. The molecule has 1 aromatic carbocycles. The molecular formula is C18H21N5O5. The van der Waals surface area contributed by atoms with Gasteiger partial charge < -0.3 is 24.3 Å². The molecule has 0 spiro atoms. The zero-order valence-electron chi connectivity index (χ0n) is 15.8. The SMILES string of the molecule is COc1ccc(NC(=O)c2coc(N3CCN(CC(=O)N(C)C)C3=O)n2)cc1. The Morgan fingerprint density at radius 2 is 1.96 bits per heavy atom. The molecule has 3 rings (SSSR count). The predicted molar refractivity (Wildman–Crippen MR) is 100 cm³/mol. The molecule has 0 unspecified atom stereocenters. The molecule has 0 atom stereocenters. The minimum absolute atomic E-state index is 0.0182. The van der Waals surface area contributed by atoms with E-state index in [9.17, 15) is 14.4 Å². The highest BCUT2D eigenvalue weighted by molar-refractivity contribution is 6.03. The van der Waals surface area contributed by atoms with Gasteiger partial charge in [-0.2, -0.15) is 4.98 Å². The zero-order chi connectivity index (χ0) is 20.3. The fourth-order valence-corrected chi connectivity index (χ4v) is 2.57. The molecule has 1 aliphatic heterocycles. The van der Waals surface area contributed by atoms with Crippen molar-refractivity contribution >= 4 is 29.5 Å². The van der Waals surface area contributed by atoms with Crippen molar-refractivity contribution in [3.63, 3.8) is 0 Å². The van der Waals surface area contributed by atoms with Gasteiger partial charge in [0.05, 0.1) is 7.11 Å². The molecule has 2 aromatic rings. The first-order valence-corrected chi connectivity index (χ1v) is 8.56. The van der Waals surface area contributed by atoms with E-state index in [4.69, 9.17) is 9.15 Å². The van der Waals surface area contributed by atoms with Crippen molar-refractivity contribution in [2.75, 3.05) is 51.1 Å². The molecule has 148 valence electrons. The van der Waals surface area contributed by atoms with Crippen molar-refractivity contribution in [3.8, 4) is 5.75 Å². The summed E-state index contributed by atoms with van der Waals surface area (Å²) in [5.74, 6) is 0.0280. The molecule has 2 heterocycles. The van der Waals surface area contributed by atoms with E-state index in [2.05, 4.69) is 10.3 Å². The summed E-state index contributed by atoms with van der Waals surface area (Å²) in [6.07, 6.45) is 1.19. The van der Waals surface area contributed by atoms with Gasteiger partial charge in [0.25, 0.3) is 5.91 Å². The van der Waals surface area contributed by atoms with Crippen LogP contribution in [0.5, 0.6) is 5.75 Å². The van der Waals surface area contributed by atoms with Crippen LogP contribution in [0.2, 0.25) is 0 Å². The predicted octanol–water partition coefficient (Wildman–Crippen LogP) is 1.27. The number of amides is 4. The van der Waals surface area contributed by atoms with Gasteiger partial charge in [0.2, 0.25) is 5.91 Å². The smallest absolute Gasteiger partial charge is 0.328 e. The van der Waals surface area contributed by atoms with Gasteiger partial charge in [-0.3, -0.25) is 9.59 Å². The summed E-state index contributed by atoms with van der Waals surface area (Å²) in [5.41, 5.74) is 0.613. The van der Waals surface area contributed by atoms with Crippen LogP contribution in [0.25, 0.3) is 0 Å². The number of aromatic nitrogens is 1. The van der Waals surface area contributed by atoms with Crippen LogP contribution in [0.1, 0.15) is 10.5 Å². The van der Waals surface area contributed by atoms with E-state index in [-0.39, 0.29) is 30.2 Å². The lowest BCUT2D eigenvalue weighted by molar-refractivity contribution is -0.129. The van der Waals surface area contributed by atoms with Crippen molar-refractivity contribution in [3.05, 3.63) is 36.2 Å². The maximum Gasteiger partial charge on any atom is 0.328 e. The number of carbonyl (C=O) groups excluding carboxylic acids is 3. The van der Waals surface area contributed by atoms with E-state index in [1.807, 2.05) is 0 Å². The molecular weight excluding hydrogens is 366 g/mol. The lowest BCUT2D eigenvalue weighted by Crippen LogP contribution is -2.39. The van der Waals surface area contributed by atoms with Crippen LogP contribution in [-0.4, -0.2) is 73.5 Å². The Morgan fingerprint density at radius 1 is 1.25 bits per heavy atom. The van der Waals surface area contributed by atoms with Crippen molar-refractivity contribution in [1.82, 2.24) is 14.8 Å². The van der Waals surface area contributed by atoms with Crippen LogP contribution in [0.15, 0.2) is 34.9 Å². The molecule has 1 fully saturated rings. The van der Waals surface area contributed by atoms with Gasteiger partial charge in [-0.25, -0.2) is 9.69 Å². The summed E-state index contributed by atoms with van der Waals surface area (Å²) in [5, 5.41) is 2.69. The van der Waals surface area contributed by atoms with Crippen LogP contribution >= 0.6 is 0 Å². The van der Waals surface area contributed by atoms with Crippen molar-refractivity contribution < 1.29 is 23.5 Å². The third kappa shape index (κ3) is 4.05. The van der Waals surface area contributed by atoms with Gasteiger partial charge in [-0.05, 0) is 24.3 Å². The average Bonchev–Trinajstić information content (AvgIpc) is 3.30. The average molecular weight is 387 g/mol. The Hall–Kier alpha value is -3.56. The number of rotatable bonds is 6. The number of oxazole rings is 1. The van der Waals surface area contributed by atoms with Gasteiger partial charge in [0.15, 0.2) is 5.69 Å². The standard InChI is InChI=1S/C18H21N5O5/c1-21(2)15(24)10-22-8-9-23(18(22)26)17-20-14(11-28-17)16(25)19-12-4-6-13(27-3)7-5-12/h4-7,11H,8-10H2,1-3H3,(H,19,25). The number of ether oxygens (including phenoxy) is 1. The molecule has 0 saturated carbocycles. The second-order valence-electron chi connectivity index (χ2n) is 6.34. The van der Waals surface area contributed by atoms with Crippen molar-refractivity contribution in [2.24, 2.45) is 0 Å². The Balaban J connectivity index is 1.64. The number of benzene rings is 1. The number of methoxy groups -OCH3 is 1. The minimum Gasteiger partial charge on any atom is -0.497 e. The van der Waals surface area contributed by atoms with Crippen molar-refractivity contribution in [1.29, 1.82) is 0 Å². The van der Waals surface area contributed by atoms with E-state index in [0.29, 0.717) is 24.5 Å². The van der Waals surface area contributed by atoms with E-state index in [1.54, 1.807) is 45.5 Å². The van der Waals surface area contributed by atoms with Gasteiger partial charge in [0.1, 0.15) is 18.6 Å². The molecule has 0 bridgehead atoms. The molecule has 10 nitrogen and oxygen atoms in total. The van der Waals surface area contributed by atoms with Crippen LogP contribution in [0.3, 0.4) is 0 Å². The lowest BCUT2D eigenvalue weighted by Gasteiger charge is -2.18. The Morgan fingerprint density at radius 3 is 2.61 bits per heavy atom. The number of nitrogens with one attached hydrogen (secondary N) is 1. The molecule has 1 aromatic heterocycles. The molecule has 0 aliphatic carbocycles. The number of likely N-dealkylation sites (N-methyl/N-ethyl adjacent to an activating group) is 1. The Bertz CT molecular complexity index is 877. The molecule has 1 aliphatic rings. The maximum atomic E-state index is 12.5. The Labute approximate surface area is 161 Å². The summed E-state index contributed by atoms with van der Waals surface area (Å²) in [7, 11) is 4.81. The molecule has 1 N–H and O–H groups in total. The van der Waals surface area contributed by atoms with Crippen LogP contribution in [0, 0.1) is 0 Å². The van der Waals surface area contributed by atoms with E-state index < -0.39 is 5.91 Å². The van der Waals surface area contributed by atoms with Crippen LogP contribution in [-0.2, 0) is 4.79 Å². The van der Waals surface area contributed by atoms with Crippen LogP contribution < -0.4 is 15.0 Å². The van der Waals surface area contributed by atoms with Gasteiger partial charge in [-0.1, -0.05) is 0 Å². The normalized spacial score (nSPS) is 13.6. The number of carbonyl (C=O) groups is 3. The zero-order valence-corrected chi connectivity index (χ0v) is 15.8. The first kappa shape index (κ1) is 19.2. The third-order valence-corrected chi connectivity index (χ3v) is 4.22. The first-order valence-electron chi connectivity index (χ1n) is 8.56. The molecule has 10 heteroatoms. The number of hydrogen-bond donors (Lipinski definition) is 1. The summed E-state index contributed by atoms with van der Waals surface area (Å²) in [4.78, 5) is 44.8. The highest BCUT2D eigenvalue weighted by atomic mass is 16.5. The summed E-state index contributed by atoms with van der Waals surface area (Å²) in [6.45, 7) is 0.668.